The van der Waals surface area contributed by atoms with Crippen molar-refractivity contribution in [3.8, 4) is 0 Å². The van der Waals surface area contributed by atoms with Crippen molar-refractivity contribution in [1.82, 2.24) is 10.6 Å². The first-order chi connectivity index (χ1) is 11.0. The number of carbonyl (C=O) groups excluding carboxylic acids is 2. The second-order valence-corrected chi connectivity index (χ2v) is 7.59. The first-order valence-electron chi connectivity index (χ1n) is 8.83. The second-order valence-electron chi connectivity index (χ2n) is 7.59. The molecule has 0 aliphatic heterocycles. The van der Waals surface area contributed by atoms with Crippen LogP contribution in [0.1, 0.15) is 73.1 Å². The number of hydrogen-bond donors (Lipinski definition) is 3. The van der Waals surface area contributed by atoms with Crippen LogP contribution in [0.5, 0.6) is 0 Å². The van der Waals surface area contributed by atoms with Crippen LogP contribution in [0.4, 0.5) is 0 Å². The molecule has 0 saturated heterocycles. The smallest absolute Gasteiger partial charge is 0.326 e. The number of aliphatic carboxylic acids is 1. The number of carboxylic acids is 1. The van der Waals surface area contributed by atoms with Gasteiger partial charge in [-0.1, -0.05) is 41.0 Å². The van der Waals surface area contributed by atoms with E-state index >= 15 is 0 Å². The van der Waals surface area contributed by atoms with Crippen LogP contribution < -0.4 is 10.6 Å². The molecule has 0 spiro atoms. The van der Waals surface area contributed by atoms with E-state index in [1.165, 1.54) is 0 Å². The van der Waals surface area contributed by atoms with Crippen LogP contribution in [0, 0.1) is 5.41 Å². The quantitative estimate of drug-likeness (QED) is 0.474. The summed E-state index contributed by atoms with van der Waals surface area (Å²) < 4.78 is 0. The van der Waals surface area contributed by atoms with Crippen LogP contribution in [0.2, 0.25) is 0 Å². The summed E-state index contributed by atoms with van der Waals surface area (Å²) in [6.45, 7) is 10.5. The zero-order chi connectivity index (χ0) is 18.8. The Morgan fingerprint density at radius 3 is 2.12 bits per heavy atom. The van der Waals surface area contributed by atoms with Gasteiger partial charge in [0.2, 0.25) is 5.91 Å². The summed E-state index contributed by atoms with van der Waals surface area (Å²) in [5.74, 6) is -1.35. The molecule has 1 atom stereocenters. The lowest BCUT2D eigenvalue weighted by Gasteiger charge is -2.19. The molecule has 6 heteroatoms. The van der Waals surface area contributed by atoms with E-state index in [1.807, 2.05) is 0 Å². The van der Waals surface area contributed by atoms with Gasteiger partial charge in [-0.15, -0.1) is 0 Å². The van der Waals surface area contributed by atoms with E-state index in [9.17, 15) is 19.5 Å². The molecule has 0 aliphatic rings. The van der Waals surface area contributed by atoms with Crippen molar-refractivity contribution in [1.29, 1.82) is 0 Å². The number of nitrogens with one attached hydrogen (secondary N) is 2. The number of amides is 1. The highest BCUT2D eigenvalue weighted by Crippen LogP contribution is 2.18. The molecule has 0 aliphatic carbocycles. The Morgan fingerprint density at radius 2 is 1.62 bits per heavy atom. The van der Waals surface area contributed by atoms with E-state index in [-0.39, 0.29) is 24.5 Å². The average Bonchev–Trinajstić information content (AvgIpc) is 2.44. The van der Waals surface area contributed by atoms with Gasteiger partial charge in [0.05, 0.1) is 0 Å². The Labute approximate surface area is 145 Å². The van der Waals surface area contributed by atoms with Crippen molar-refractivity contribution in [3.63, 3.8) is 0 Å². The summed E-state index contributed by atoms with van der Waals surface area (Å²) in [4.78, 5) is 35.0. The third-order valence-electron chi connectivity index (χ3n) is 3.76. The number of rotatable bonds is 12. The van der Waals surface area contributed by atoms with Crippen LogP contribution in [-0.4, -0.2) is 41.4 Å². The molecular formula is C18H34N2O4. The molecule has 0 aromatic heterocycles. The van der Waals surface area contributed by atoms with Crippen LogP contribution in [0.15, 0.2) is 0 Å². The first kappa shape index (κ1) is 22.6. The molecule has 0 aromatic rings. The van der Waals surface area contributed by atoms with E-state index in [2.05, 4.69) is 24.5 Å². The molecule has 0 radical (unpaired) electrons. The van der Waals surface area contributed by atoms with Crippen LogP contribution in [-0.2, 0) is 14.4 Å². The highest BCUT2D eigenvalue weighted by atomic mass is 16.4. The molecule has 0 bridgehead atoms. The number of carboxylic acid groups (broad SMARTS) is 1. The van der Waals surface area contributed by atoms with E-state index in [4.69, 9.17) is 0 Å². The van der Waals surface area contributed by atoms with Gasteiger partial charge in [0.25, 0.3) is 0 Å². The zero-order valence-corrected chi connectivity index (χ0v) is 15.8. The van der Waals surface area contributed by atoms with Gasteiger partial charge < -0.3 is 15.7 Å². The summed E-state index contributed by atoms with van der Waals surface area (Å²) in [5.41, 5.74) is -0.489. The topological polar surface area (TPSA) is 95.5 Å². The summed E-state index contributed by atoms with van der Waals surface area (Å²) in [6, 6.07) is -0.535. The Bertz CT molecular complexity index is 414. The molecule has 1 amide bonds. The lowest BCUT2D eigenvalue weighted by Crippen LogP contribution is -2.41. The number of Topliss-reactive ketones (excluding diaryl/α,β-unsaturated/α-hetero) is 1. The van der Waals surface area contributed by atoms with E-state index in [0.717, 1.165) is 25.8 Å². The van der Waals surface area contributed by atoms with Gasteiger partial charge in [0.15, 0.2) is 0 Å². The normalized spacial score (nSPS) is 12.9. The third-order valence-corrected chi connectivity index (χ3v) is 3.76. The molecule has 0 rings (SSSR count). The Morgan fingerprint density at radius 1 is 1.00 bits per heavy atom. The monoisotopic (exact) mass is 342 g/mol. The molecule has 24 heavy (non-hydrogen) atoms. The molecule has 0 fully saturated rings. The number of ketones is 1. The molecule has 1 unspecified atom stereocenters. The number of hydrogen-bond acceptors (Lipinski definition) is 4. The SMILES string of the molecule is CC(C)NCCCCCC(=O)NC(CCC(=O)C(C)(C)C)C(=O)O. The molecule has 0 heterocycles. The minimum Gasteiger partial charge on any atom is -0.480 e. The van der Waals surface area contributed by atoms with Crippen LogP contribution in [0.25, 0.3) is 0 Å². The lowest BCUT2D eigenvalue weighted by molar-refractivity contribution is -0.142. The van der Waals surface area contributed by atoms with Crippen molar-refractivity contribution in [2.24, 2.45) is 5.41 Å². The van der Waals surface area contributed by atoms with Crippen molar-refractivity contribution in [3.05, 3.63) is 0 Å². The average molecular weight is 342 g/mol. The number of carbonyl (C=O) groups is 3. The second kappa shape index (κ2) is 11.2. The van der Waals surface area contributed by atoms with Crippen molar-refractivity contribution >= 4 is 17.7 Å². The number of unbranched alkanes of at least 4 members (excludes halogenated alkanes) is 2. The van der Waals surface area contributed by atoms with Gasteiger partial charge in [-0.2, -0.15) is 0 Å². The highest BCUT2D eigenvalue weighted by molar-refractivity contribution is 5.86. The fourth-order valence-electron chi connectivity index (χ4n) is 2.15. The molecule has 6 nitrogen and oxygen atoms in total. The predicted molar refractivity (Wildman–Crippen MR) is 94.9 cm³/mol. The molecule has 3 N–H and O–H groups in total. The van der Waals surface area contributed by atoms with E-state index in [0.29, 0.717) is 12.5 Å². The summed E-state index contributed by atoms with van der Waals surface area (Å²) in [6.07, 6.45) is 3.26. The molecule has 0 aromatic carbocycles. The maximum atomic E-state index is 11.9. The van der Waals surface area contributed by atoms with Gasteiger partial charge in [-0.25, -0.2) is 4.79 Å². The Kier molecular flexibility index (Phi) is 10.5. The van der Waals surface area contributed by atoms with Gasteiger partial charge >= 0.3 is 5.97 Å². The minimum atomic E-state index is -1.09. The van der Waals surface area contributed by atoms with Crippen LogP contribution in [0.3, 0.4) is 0 Å². The predicted octanol–water partition coefficient (Wildman–Crippen LogP) is 2.51. The van der Waals surface area contributed by atoms with Crippen molar-refractivity contribution < 1.29 is 19.5 Å². The molecule has 0 saturated carbocycles. The van der Waals surface area contributed by atoms with Crippen molar-refractivity contribution in [2.75, 3.05) is 6.54 Å². The molecular weight excluding hydrogens is 308 g/mol. The van der Waals surface area contributed by atoms with Gasteiger partial charge in [0.1, 0.15) is 11.8 Å². The Balaban J connectivity index is 4.08. The van der Waals surface area contributed by atoms with E-state index in [1.54, 1.807) is 20.8 Å². The highest BCUT2D eigenvalue weighted by Gasteiger charge is 2.25. The largest absolute Gasteiger partial charge is 0.480 e. The standard InChI is InChI=1S/C18H34N2O4/c1-13(2)19-12-8-6-7-9-16(22)20-14(17(23)24)10-11-15(21)18(3,4)5/h13-14,19H,6-12H2,1-5H3,(H,20,22)(H,23,24). The van der Waals surface area contributed by atoms with Gasteiger partial charge in [0, 0.05) is 24.3 Å². The van der Waals surface area contributed by atoms with Crippen LogP contribution >= 0.6 is 0 Å². The Hall–Kier alpha value is -1.43. The van der Waals surface area contributed by atoms with Gasteiger partial charge in [-0.05, 0) is 25.8 Å². The maximum absolute atomic E-state index is 11.9. The van der Waals surface area contributed by atoms with Crippen molar-refractivity contribution in [2.45, 2.75) is 85.2 Å². The fourth-order valence-corrected chi connectivity index (χ4v) is 2.15. The maximum Gasteiger partial charge on any atom is 0.326 e. The fraction of sp³-hybridized carbons (Fsp3) is 0.833. The zero-order valence-electron chi connectivity index (χ0n) is 15.8. The summed E-state index contributed by atoms with van der Waals surface area (Å²) >= 11 is 0. The first-order valence-corrected chi connectivity index (χ1v) is 8.83. The van der Waals surface area contributed by atoms with Gasteiger partial charge in [-0.3, -0.25) is 9.59 Å². The molecule has 140 valence electrons. The lowest BCUT2D eigenvalue weighted by atomic mass is 9.87. The third kappa shape index (κ3) is 11.2. The summed E-state index contributed by atoms with van der Waals surface area (Å²) in [5, 5.41) is 15.0. The summed E-state index contributed by atoms with van der Waals surface area (Å²) in [7, 11) is 0. The van der Waals surface area contributed by atoms with E-state index < -0.39 is 17.4 Å². The minimum absolute atomic E-state index is 0.000603.